The highest BCUT2D eigenvalue weighted by Gasteiger charge is 2.17. The molecule has 0 saturated heterocycles. The molecule has 0 aliphatic rings. The summed E-state index contributed by atoms with van der Waals surface area (Å²) in [6.45, 7) is 6.81. The molecule has 0 aliphatic heterocycles. The first-order chi connectivity index (χ1) is 13.1. The van der Waals surface area contributed by atoms with E-state index in [4.69, 9.17) is 18.9 Å². The van der Waals surface area contributed by atoms with Crippen molar-refractivity contribution in [2.45, 2.75) is 33.2 Å². The second-order valence-corrected chi connectivity index (χ2v) is 5.73. The molecule has 148 valence electrons. The van der Waals surface area contributed by atoms with Crippen molar-refractivity contribution in [3.05, 3.63) is 30.0 Å². The maximum Gasteiger partial charge on any atom is 0.513 e. The second kappa shape index (κ2) is 10.4. The summed E-state index contributed by atoms with van der Waals surface area (Å²) in [6, 6.07) is 5.02. The third-order valence-electron chi connectivity index (χ3n) is 3.79. The van der Waals surface area contributed by atoms with Gasteiger partial charge in [-0.25, -0.2) is 9.59 Å². The van der Waals surface area contributed by atoms with Crippen LogP contribution in [0.25, 0.3) is 10.9 Å². The van der Waals surface area contributed by atoms with Crippen LogP contribution in [0.2, 0.25) is 0 Å². The molecular formula is C19H26N2O6. The molecule has 27 heavy (non-hydrogen) atoms. The van der Waals surface area contributed by atoms with Crippen molar-refractivity contribution in [1.82, 2.24) is 10.3 Å². The van der Waals surface area contributed by atoms with Crippen molar-refractivity contribution in [1.29, 1.82) is 0 Å². The van der Waals surface area contributed by atoms with E-state index in [0.717, 1.165) is 16.5 Å². The Morgan fingerprint density at radius 3 is 2.59 bits per heavy atom. The van der Waals surface area contributed by atoms with Crippen molar-refractivity contribution in [3.8, 4) is 5.75 Å². The highest BCUT2D eigenvalue weighted by Crippen LogP contribution is 2.25. The molecule has 0 aliphatic carbocycles. The molecule has 0 saturated carbocycles. The molecule has 0 fully saturated rings. The lowest BCUT2D eigenvalue weighted by molar-refractivity contribution is 0.104. The molecule has 2 rings (SSSR count). The van der Waals surface area contributed by atoms with Crippen LogP contribution in [0.15, 0.2) is 24.4 Å². The van der Waals surface area contributed by atoms with E-state index in [1.54, 1.807) is 26.0 Å². The van der Waals surface area contributed by atoms with E-state index in [1.165, 1.54) is 0 Å². The Morgan fingerprint density at radius 2 is 1.89 bits per heavy atom. The predicted octanol–water partition coefficient (Wildman–Crippen LogP) is 3.40. The fourth-order valence-corrected chi connectivity index (χ4v) is 2.65. The highest BCUT2D eigenvalue weighted by atomic mass is 16.7. The molecule has 1 atom stereocenters. The van der Waals surface area contributed by atoms with Gasteiger partial charge in [0.25, 0.3) is 0 Å². The summed E-state index contributed by atoms with van der Waals surface area (Å²) in [4.78, 5) is 26.5. The van der Waals surface area contributed by atoms with Gasteiger partial charge < -0.3 is 29.2 Å². The number of hydrogen-bond acceptors (Lipinski definition) is 6. The minimum Gasteiger partial charge on any atom is -0.450 e. The number of hydrogen-bond donors (Lipinski definition) is 2. The number of carbonyl (C=O) groups is 2. The Balaban J connectivity index is 2.16. The van der Waals surface area contributed by atoms with E-state index in [9.17, 15) is 9.59 Å². The fraction of sp³-hybridized carbons (Fsp3) is 0.474. The Kier molecular flexibility index (Phi) is 7.94. The number of fused-ring (bicyclic) bond motifs is 1. The Bertz CT molecular complexity index is 758. The molecule has 0 spiro atoms. The first kappa shape index (κ1) is 20.6. The lowest BCUT2D eigenvalue weighted by Crippen LogP contribution is -2.40. The zero-order valence-corrected chi connectivity index (χ0v) is 15.9. The van der Waals surface area contributed by atoms with Crippen LogP contribution in [0.1, 0.15) is 26.3 Å². The van der Waals surface area contributed by atoms with E-state index in [1.807, 2.05) is 19.2 Å². The molecule has 1 aromatic heterocycles. The van der Waals surface area contributed by atoms with Crippen LogP contribution in [0, 0.1) is 0 Å². The number of H-pyrrole nitrogens is 1. The number of aromatic nitrogens is 1. The molecule has 1 unspecified atom stereocenters. The summed E-state index contributed by atoms with van der Waals surface area (Å²) in [5, 5.41) is 3.71. The van der Waals surface area contributed by atoms with Crippen LogP contribution in [-0.2, 0) is 20.6 Å². The van der Waals surface area contributed by atoms with Gasteiger partial charge in [0.05, 0.1) is 25.9 Å². The molecule has 2 aromatic rings. The first-order valence-electron chi connectivity index (χ1n) is 9.02. The normalized spacial score (nSPS) is 11.8. The molecule has 0 radical (unpaired) electrons. The van der Waals surface area contributed by atoms with Crippen LogP contribution in [0.5, 0.6) is 5.75 Å². The number of aromatic amines is 1. The summed E-state index contributed by atoms with van der Waals surface area (Å²) in [6.07, 6.45) is 1.17. The second-order valence-electron chi connectivity index (χ2n) is 5.73. The number of amides is 1. The average molecular weight is 378 g/mol. The molecule has 2 N–H and O–H groups in total. The van der Waals surface area contributed by atoms with Gasteiger partial charge in [-0.2, -0.15) is 0 Å². The van der Waals surface area contributed by atoms with Crippen LogP contribution in [0.3, 0.4) is 0 Å². The maximum atomic E-state index is 11.8. The number of rotatable bonds is 9. The number of nitrogens with one attached hydrogen (secondary N) is 2. The van der Waals surface area contributed by atoms with Crippen LogP contribution in [0.4, 0.5) is 9.59 Å². The predicted molar refractivity (Wildman–Crippen MR) is 100 cm³/mol. The van der Waals surface area contributed by atoms with Crippen molar-refractivity contribution in [2.75, 3.05) is 26.4 Å². The zero-order valence-electron chi connectivity index (χ0n) is 15.9. The average Bonchev–Trinajstić information content (AvgIpc) is 3.02. The fourth-order valence-electron chi connectivity index (χ4n) is 2.65. The van der Waals surface area contributed by atoms with Gasteiger partial charge in [0.1, 0.15) is 5.75 Å². The van der Waals surface area contributed by atoms with E-state index >= 15 is 0 Å². The molecule has 1 amide bonds. The zero-order chi connectivity index (χ0) is 19.6. The monoisotopic (exact) mass is 378 g/mol. The standard InChI is InChI=1S/C19H26N2O6/c1-4-24-12-14(21-18(22)25-5-2)9-13-11-20-17-8-7-15(10-16(13)17)27-19(23)26-6-3/h7-8,10-11,14,20H,4-6,9,12H2,1-3H3,(H,21,22). The third-order valence-corrected chi connectivity index (χ3v) is 3.79. The summed E-state index contributed by atoms with van der Waals surface area (Å²) < 4.78 is 20.4. The molecule has 1 heterocycles. The lowest BCUT2D eigenvalue weighted by atomic mass is 10.1. The molecule has 0 bridgehead atoms. The van der Waals surface area contributed by atoms with Gasteiger partial charge in [0.2, 0.25) is 0 Å². The molecule has 1 aromatic carbocycles. The van der Waals surface area contributed by atoms with Gasteiger partial charge in [-0.05, 0) is 51.0 Å². The van der Waals surface area contributed by atoms with Crippen LogP contribution >= 0.6 is 0 Å². The number of carbonyl (C=O) groups excluding carboxylic acids is 2. The Morgan fingerprint density at radius 1 is 1.11 bits per heavy atom. The highest BCUT2D eigenvalue weighted by molar-refractivity contribution is 5.85. The van der Waals surface area contributed by atoms with Gasteiger partial charge >= 0.3 is 12.2 Å². The van der Waals surface area contributed by atoms with E-state index in [2.05, 4.69) is 10.3 Å². The summed E-state index contributed by atoms with van der Waals surface area (Å²) >= 11 is 0. The third kappa shape index (κ3) is 6.18. The smallest absolute Gasteiger partial charge is 0.450 e. The Hall–Kier alpha value is -2.74. The van der Waals surface area contributed by atoms with Gasteiger partial charge in [-0.1, -0.05) is 0 Å². The Labute approximate surface area is 158 Å². The van der Waals surface area contributed by atoms with Gasteiger partial charge in [-0.3, -0.25) is 0 Å². The van der Waals surface area contributed by atoms with Crippen molar-refractivity contribution in [3.63, 3.8) is 0 Å². The summed E-state index contributed by atoms with van der Waals surface area (Å²) in [5.41, 5.74) is 1.85. The first-order valence-corrected chi connectivity index (χ1v) is 9.02. The van der Waals surface area contributed by atoms with Gasteiger partial charge in [0, 0.05) is 23.7 Å². The molecular weight excluding hydrogens is 352 g/mol. The van der Waals surface area contributed by atoms with Crippen molar-refractivity contribution < 1.29 is 28.5 Å². The van der Waals surface area contributed by atoms with Gasteiger partial charge in [0.15, 0.2) is 0 Å². The van der Waals surface area contributed by atoms with Crippen molar-refractivity contribution in [2.24, 2.45) is 0 Å². The topological polar surface area (TPSA) is 98.9 Å². The van der Waals surface area contributed by atoms with Crippen LogP contribution in [-0.4, -0.2) is 49.7 Å². The largest absolute Gasteiger partial charge is 0.513 e. The molecule has 8 heteroatoms. The summed E-state index contributed by atoms with van der Waals surface area (Å²) in [5.74, 6) is 0.390. The number of benzene rings is 1. The molecule has 8 nitrogen and oxygen atoms in total. The minimum atomic E-state index is -0.743. The minimum absolute atomic E-state index is 0.245. The van der Waals surface area contributed by atoms with E-state index in [0.29, 0.717) is 32.0 Å². The van der Waals surface area contributed by atoms with Crippen molar-refractivity contribution >= 4 is 23.2 Å². The van der Waals surface area contributed by atoms with E-state index in [-0.39, 0.29) is 12.6 Å². The number of ether oxygens (including phenoxy) is 4. The van der Waals surface area contributed by atoms with Crippen LogP contribution < -0.4 is 10.1 Å². The SMILES string of the molecule is CCOCC(Cc1c[nH]c2ccc(OC(=O)OCC)cc12)NC(=O)OCC. The van der Waals surface area contributed by atoms with Gasteiger partial charge in [-0.15, -0.1) is 0 Å². The quantitative estimate of drug-likeness (QED) is 0.513. The van der Waals surface area contributed by atoms with E-state index < -0.39 is 12.2 Å². The maximum absolute atomic E-state index is 11.8. The number of alkyl carbamates (subject to hydrolysis) is 1. The lowest BCUT2D eigenvalue weighted by Gasteiger charge is -2.18. The summed E-state index contributed by atoms with van der Waals surface area (Å²) in [7, 11) is 0.